The summed E-state index contributed by atoms with van der Waals surface area (Å²) < 4.78 is 0. The van der Waals surface area contributed by atoms with Crippen LogP contribution in [0.1, 0.15) is 40.7 Å². The lowest BCUT2D eigenvalue weighted by Crippen LogP contribution is -2.39. The summed E-state index contributed by atoms with van der Waals surface area (Å²) in [6.07, 6.45) is 2.20. The third-order valence-corrected chi connectivity index (χ3v) is 5.49. The predicted octanol–water partition coefficient (Wildman–Crippen LogP) is 4.28. The topological polar surface area (TPSA) is 74.3 Å². The third kappa shape index (κ3) is 4.40. The van der Waals surface area contributed by atoms with E-state index in [4.69, 9.17) is 0 Å². The van der Waals surface area contributed by atoms with Gasteiger partial charge in [-0.25, -0.2) is 9.78 Å². The van der Waals surface area contributed by atoms with Crippen molar-refractivity contribution >= 4 is 34.1 Å². The van der Waals surface area contributed by atoms with Gasteiger partial charge in [-0.1, -0.05) is 30.4 Å². The highest BCUT2D eigenvalue weighted by atomic mass is 32.1. The van der Waals surface area contributed by atoms with Crippen LogP contribution in [0.2, 0.25) is 0 Å². The number of benzene rings is 1. The molecule has 0 spiro atoms. The molecule has 1 aliphatic rings. The smallest absolute Gasteiger partial charge is 0.325 e. The van der Waals surface area contributed by atoms with E-state index < -0.39 is 0 Å². The highest BCUT2D eigenvalue weighted by Gasteiger charge is 2.25. The van der Waals surface area contributed by atoms with Gasteiger partial charge in [0.1, 0.15) is 4.88 Å². The number of aryl methyl sites for hydroxylation is 2. The van der Waals surface area contributed by atoms with Gasteiger partial charge in [-0.3, -0.25) is 10.1 Å². The molecule has 0 saturated carbocycles. The van der Waals surface area contributed by atoms with E-state index in [1.54, 1.807) is 6.92 Å². The van der Waals surface area contributed by atoms with Gasteiger partial charge in [0, 0.05) is 18.8 Å². The highest BCUT2D eigenvalue weighted by molar-refractivity contribution is 7.17. The second-order valence-corrected chi connectivity index (χ2v) is 7.88. The van der Waals surface area contributed by atoms with Crippen molar-refractivity contribution in [2.24, 2.45) is 5.92 Å². The van der Waals surface area contributed by atoms with Gasteiger partial charge in [0.2, 0.25) is 0 Å². The van der Waals surface area contributed by atoms with Crippen molar-refractivity contribution < 1.29 is 9.59 Å². The Morgan fingerprint density at radius 1 is 1.27 bits per heavy atom. The van der Waals surface area contributed by atoms with Crippen molar-refractivity contribution in [3.8, 4) is 0 Å². The average Bonchev–Trinajstić information content (AvgIpc) is 2.94. The van der Waals surface area contributed by atoms with Gasteiger partial charge in [0.15, 0.2) is 5.13 Å². The number of piperidine rings is 1. The molecule has 2 aromatic rings. The maximum absolute atomic E-state index is 12.8. The number of rotatable bonds is 3. The largest absolute Gasteiger partial charge is 0.338 e. The second-order valence-electron chi connectivity index (χ2n) is 6.88. The number of likely N-dealkylation sites (tertiary alicyclic amines) is 1. The fourth-order valence-corrected chi connectivity index (χ4v) is 4.08. The van der Waals surface area contributed by atoms with E-state index in [-0.39, 0.29) is 11.9 Å². The number of aromatic nitrogens is 1. The molecule has 3 rings (SSSR count). The van der Waals surface area contributed by atoms with Crippen molar-refractivity contribution in [1.29, 1.82) is 0 Å². The van der Waals surface area contributed by atoms with Crippen LogP contribution in [0.5, 0.6) is 0 Å². The highest BCUT2D eigenvalue weighted by Crippen LogP contribution is 2.26. The second kappa shape index (κ2) is 7.86. The van der Waals surface area contributed by atoms with E-state index in [1.807, 2.05) is 36.1 Å². The Morgan fingerprint density at radius 3 is 2.81 bits per heavy atom. The molecule has 6 nitrogen and oxygen atoms in total. The van der Waals surface area contributed by atoms with Gasteiger partial charge >= 0.3 is 6.03 Å². The van der Waals surface area contributed by atoms with E-state index in [2.05, 4.69) is 22.5 Å². The van der Waals surface area contributed by atoms with Crippen LogP contribution in [0.3, 0.4) is 0 Å². The van der Waals surface area contributed by atoms with Crippen molar-refractivity contribution in [3.05, 3.63) is 40.4 Å². The Hall–Kier alpha value is -2.41. The Morgan fingerprint density at radius 2 is 2.08 bits per heavy atom. The maximum Gasteiger partial charge on any atom is 0.325 e. The van der Waals surface area contributed by atoms with E-state index in [9.17, 15) is 9.59 Å². The number of nitrogens with zero attached hydrogens (tertiary/aromatic N) is 2. The zero-order chi connectivity index (χ0) is 18.7. The number of carbonyl (C=O) groups excluding carboxylic acids is 2. The van der Waals surface area contributed by atoms with Crippen molar-refractivity contribution in [2.45, 2.75) is 33.6 Å². The van der Waals surface area contributed by atoms with Gasteiger partial charge in [0.05, 0.1) is 5.69 Å². The molecule has 26 heavy (non-hydrogen) atoms. The zero-order valence-corrected chi connectivity index (χ0v) is 16.2. The molecule has 1 fully saturated rings. The van der Waals surface area contributed by atoms with Crippen LogP contribution in [-0.4, -0.2) is 34.9 Å². The summed E-state index contributed by atoms with van der Waals surface area (Å²) in [5, 5.41) is 5.94. The lowest BCUT2D eigenvalue weighted by atomic mass is 10.0. The lowest BCUT2D eigenvalue weighted by Gasteiger charge is -2.30. The molecule has 7 heteroatoms. The van der Waals surface area contributed by atoms with Crippen molar-refractivity contribution in [1.82, 2.24) is 9.88 Å². The Bertz CT molecular complexity index is 818. The first-order chi connectivity index (χ1) is 12.4. The van der Waals surface area contributed by atoms with E-state index in [0.717, 1.165) is 37.2 Å². The Labute approximate surface area is 157 Å². The minimum atomic E-state index is -0.366. The first-order valence-corrected chi connectivity index (χ1v) is 9.65. The first-order valence-electron chi connectivity index (χ1n) is 8.83. The number of hydrogen-bond donors (Lipinski definition) is 2. The summed E-state index contributed by atoms with van der Waals surface area (Å²) in [4.78, 5) is 31.8. The van der Waals surface area contributed by atoms with Crippen LogP contribution in [-0.2, 0) is 0 Å². The van der Waals surface area contributed by atoms with Gasteiger partial charge in [-0.05, 0) is 50.3 Å². The molecule has 1 aromatic heterocycles. The zero-order valence-electron chi connectivity index (χ0n) is 15.3. The summed E-state index contributed by atoms with van der Waals surface area (Å²) in [5.41, 5.74) is 2.44. The molecule has 0 aliphatic carbocycles. The molecular weight excluding hydrogens is 348 g/mol. The summed E-state index contributed by atoms with van der Waals surface area (Å²) in [7, 11) is 0. The standard InChI is InChI=1S/C19H24N4O2S/c1-12-6-4-8-15(10-12)21-18(25)22-19-20-14(3)16(26-19)17(24)23-9-5-7-13(2)11-23/h4,6,8,10,13H,5,7,9,11H2,1-3H3,(H2,20,21,22,25). The van der Waals surface area contributed by atoms with Crippen molar-refractivity contribution in [3.63, 3.8) is 0 Å². The average molecular weight is 372 g/mol. The monoisotopic (exact) mass is 372 g/mol. The minimum Gasteiger partial charge on any atom is -0.338 e. The molecule has 0 bridgehead atoms. The van der Waals surface area contributed by atoms with Gasteiger partial charge in [0.25, 0.3) is 5.91 Å². The molecule has 1 aromatic carbocycles. The minimum absolute atomic E-state index is 0.0127. The summed E-state index contributed by atoms with van der Waals surface area (Å²) in [5.74, 6) is 0.539. The number of anilines is 2. The predicted molar refractivity (Wildman–Crippen MR) is 105 cm³/mol. The van der Waals surface area contributed by atoms with E-state index in [0.29, 0.717) is 21.6 Å². The van der Waals surface area contributed by atoms with Gasteiger partial charge in [-0.15, -0.1) is 0 Å². The van der Waals surface area contributed by atoms with Crippen LogP contribution >= 0.6 is 11.3 Å². The molecule has 1 saturated heterocycles. The van der Waals surface area contributed by atoms with Crippen molar-refractivity contribution in [2.75, 3.05) is 23.7 Å². The quantitative estimate of drug-likeness (QED) is 0.845. The molecule has 138 valence electrons. The van der Waals surface area contributed by atoms with Crippen LogP contribution < -0.4 is 10.6 Å². The first kappa shape index (κ1) is 18.4. The molecular formula is C19H24N4O2S. The number of carbonyl (C=O) groups is 2. The third-order valence-electron chi connectivity index (χ3n) is 4.43. The van der Waals surface area contributed by atoms with Gasteiger partial charge < -0.3 is 10.2 Å². The molecule has 3 amide bonds. The summed E-state index contributed by atoms with van der Waals surface area (Å²) in [6.45, 7) is 7.51. The lowest BCUT2D eigenvalue weighted by molar-refractivity contribution is 0.0687. The Kier molecular flexibility index (Phi) is 5.56. The van der Waals surface area contributed by atoms with E-state index in [1.165, 1.54) is 11.3 Å². The Balaban J connectivity index is 1.65. The SMILES string of the molecule is Cc1cccc(NC(=O)Nc2nc(C)c(C(=O)N3CCCC(C)C3)s2)c1. The maximum atomic E-state index is 12.8. The number of hydrogen-bond acceptors (Lipinski definition) is 4. The molecule has 1 unspecified atom stereocenters. The number of nitrogens with one attached hydrogen (secondary N) is 2. The molecule has 0 radical (unpaired) electrons. The molecule has 1 aliphatic heterocycles. The van der Waals surface area contributed by atoms with Gasteiger partial charge in [-0.2, -0.15) is 0 Å². The fourth-order valence-electron chi connectivity index (χ4n) is 3.15. The molecule has 1 atom stereocenters. The summed E-state index contributed by atoms with van der Waals surface area (Å²) >= 11 is 1.23. The number of amides is 3. The molecule has 2 N–H and O–H groups in total. The number of thiazole rings is 1. The van der Waals surface area contributed by atoms with Crippen LogP contribution in [0, 0.1) is 19.8 Å². The van der Waals surface area contributed by atoms with Crippen LogP contribution in [0.15, 0.2) is 24.3 Å². The number of urea groups is 1. The molecule has 2 heterocycles. The fraction of sp³-hybridized carbons (Fsp3) is 0.421. The normalized spacial score (nSPS) is 17.0. The summed E-state index contributed by atoms with van der Waals surface area (Å²) in [6, 6.07) is 7.20. The van der Waals surface area contributed by atoms with Crippen LogP contribution in [0.25, 0.3) is 0 Å². The van der Waals surface area contributed by atoms with Crippen LogP contribution in [0.4, 0.5) is 15.6 Å². The van der Waals surface area contributed by atoms with E-state index >= 15 is 0 Å².